The molecule has 1 aromatic heterocycles. The molecule has 3 aromatic rings. The van der Waals surface area contributed by atoms with Crippen LogP contribution < -0.4 is 25.0 Å². The van der Waals surface area contributed by atoms with Crippen LogP contribution in [0.1, 0.15) is 18.2 Å². The Morgan fingerprint density at radius 2 is 1.97 bits per heavy atom. The van der Waals surface area contributed by atoms with E-state index in [-0.39, 0.29) is 12.5 Å². The van der Waals surface area contributed by atoms with Crippen molar-refractivity contribution in [3.8, 4) is 17.2 Å². The third-order valence-electron chi connectivity index (χ3n) is 3.99. The number of anilines is 2. The summed E-state index contributed by atoms with van der Waals surface area (Å²) in [6.45, 7) is 4.28. The van der Waals surface area contributed by atoms with Crippen LogP contribution in [0.25, 0.3) is 0 Å². The van der Waals surface area contributed by atoms with Gasteiger partial charge in [0.25, 0.3) is 5.91 Å². The van der Waals surface area contributed by atoms with E-state index in [0.717, 1.165) is 22.1 Å². The van der Waals surface area contributed by atoms with Gasteiger partial charge in [-0.05, 0) is 61.9 Å². The minimum atomic E-state index is -0.278. The monoisotopic (exact) mass is 440 g/mol. The second-order valence-electron chi connectivity index (χ2n) is 6.37. The van der Waals surface area contributed by atoms with Crippen molar-refractivity contribution in [2.75, 3.05) is 31.1 Å². The molecule has 0 radical (unpaired) electrons. The summed E-state index contributed by atoms with van der Waals surface area (Å²) in [5, 5.41) is 9.62. The third kappa shape index (κ3) is 6.71. The van der Waals surface area contributed by atoms with Crippen LogP contribution >= 0.6 is 11.3 Å². The molecule has 3 rings (SSSR count). The first-order chi connectivity index (χ1) is 15.1. The Balaban J connectivity index is 1.53. The summed E-state index contributed by atoms with van der Waals surface area (Å²) in [5.74, 6) is 1.44. The zero-order valence-corrected chi connectivity index (χ0v) is 18.4. The number of benzene rings is 2. The van der Waals surface area contributed by atoms with E-state index >= 15 is 0 Å². The minimum absolute atomic E-state index is 0.151. The summed E-state index contributed by atoms with van der Waals surface area (Å²) in [4.78, 5) is 16.5. The zero-order valence-electron chi connectivity index (χ0n) is 17.5. The zero-order chi connectivity index (χ0) is 22.1. The lowest BCUT2D eigenvalue weighted by Crippen LogP contribution is -2.20. The lowest BCUT2D eigenvalue weighted by Gasteiger charge is -2.12. The number of ether oxygens (including phenoxy) is 3. The fourth-order valence-corrected chi connectivity index (χ4v) is 3.23. The highest BCUT2D eigenvalue weighted by molar-refractivity contribution is 7.13. The van der Waals surface area contributed by atoms with Gasteiger partial charge in [0, 0.05) is 11.1 Å². The Morgan fingerprint density at radius 1 is 1.16 bits per heavy atom. The van der Waals surface area contributed by atoms with E-state index < -0.39 is 0 Å². The number of amides is 1. The molecule has 0 aliphatic heterocycles. The topological polar surface area (TPSA) is 94.1 Å². The summed E-state index contributed by atoms with van der Waals surface area (Å²) in [6.07, 6.45) is 1.65. The molecule has 0 unspecified atom stereocenters. The molecular weight excluding hydrogens is 416 g/mol. The number of methoxy groups -OCH3 is 1. The van der Waals surface area contributed by atoms with E-state index in [9.17, 15) is 4.79 Å². The van der Waals surface area contributed by atoms with E-state index in [1.807, 2.05) is 25.3 Å². The number of nitrogens with one attached hydrogen (secondary N) is 2. The number of hydrazone groups is 1. The van der Waals surface area contributed by atoms with Crippen molar-refractivity contribution in [1.29, 1.82) is 0 Å². The number of rotatable bonds is 10. The van der Waals surface area contributed by atoms with Gasteiger partial charge < -0.3 is 19.5 Å². The number of hydrogen-bond acceptors (Lipinski definition) is 8. The molecule has 0 saturated carbocycles. The Labute approximate surface area is 184 Å². The van der Waals surface area contributed by atoms with Crippen LogP contribution in [0.15, 0.2) is 52.9 Å². The molecule has 1 amide bonds. The number of carbonyl (C=O) groups excluding carboxylic acids is 1. The highest BCUT2D eigenvalue weighted by Gasteiger charge is 2.09. The number of carbonyl (C=O) groups is 1. The molecule has 8 nitrogen and oxygen atoms in total. The summed E-state index contributed by atoms with van der Waals surface area (Å²) < 4.78 is 16.4. The van der Waals surface area contributed by atoms with Gasteiger partial charge in [0.05, 0.1) is 25.6 Å². The number of aromatic nitrogens is 1. The second-order valence-corrected chi connectivity index (χ2v) is 7.23. The molecule has 0 aliphatic carbocycles. The van der Waals surface area contributed by atoms with Crippen molar-refractivity contribution in [3.63, 3.8) is 0 Å². The van der Waals surface area contributed by atoms with Crippen molar-refractivity contribution in [3.05, 3.63) is 59.1 Å². The Bertz CT molecular complexity index is 1030. The van der Waals surface area contributed by atoms with Gasteiger partial charge in [-0.2, -0.15) is 5.10 Å². The molecule has 9 heteroatoms. The van der Waals surface area contributed by atoms with Crippen molar-refractivity contribution >= 4 is 34.3 Å². The number of aryl methyl sites for hydroxylation is 1. The highest BCUT2D eigenvalue weighted by Crippen LogP contribution is 2.27. The third-order valence-corrected chi connectivity index (χ3v) is 4.85. The number of nitrogens with zero attached hydrogens (tertiary/aromatic N) is 2. The minimum Gasteiger partial charge on any atom is -0.494 e. The number of thiazole rings is 1. The molecule has 162 valence electrons. The fourth-order valence-electron chi connectivity index (χ4n) is 2.59. The van der Waals surface area contributed by atoms with Gasteiger partial charge >= 0.3 is 0 Å². The molecule has 0 spiro atoms. The van der Waals surface area contributed by atoms with Crippen LogP contribution in [0.2, 0.25) is 0 Å². The van der Waals surface area contributed by atoms with Crippen molar-refractivity contribution in [2.45, 2.75) is 13.8 Å². The van der Waals surface area contributed by atoms with Crippen molar-refractivity contribution in [1.82, 2.24) is 4.98 Å². The van der Waals surface area contributed by atoms with E-state index in [1.54, 1.807) is 49.7 Å². The summed E-state index contributed by atoms with van der Waals surface area (Å²) in [5.41, 5.74) is 5.30. The molecule has 2 aromatic carbocycles. The Morgan fingerprint density at radius 3 is 2.65 bits per heavy atom. The average molecular weight is 441 g/mol. The Hall–Kier alpha value is -3.59. The lowest BCUT2D eigenvalue weighted by atomic mass is 10.2. The second kappa shape index (κ2) is 11.0. The van der Waals surface area contributed by atoms with Gasteiger partial charge in [-0.3, -0.25) is 10.2 Å². The van der Waals surface area contributed by atoms with Gasteiger partial charge in [0.1, 0.15) is 5.75 Å². The Kier molecular flexibility index (Phi) is 7.83. The van der Waals surface area contributed by atoms with E-state index in [1.165, 1.54) is 11.3 Å². The van der Waals surface area contributed by atoms with Crippen LogP contribution in [0.5, 0.6) is 17.2 Å². The molecule has 0 aliphatic rings. The van der Waals surface area contributed by atoms with Gasteiger partial charge in [-0.25, -0.2) is 4.98 Å². The predicted molar refractivity (Wildman–Crippen MR) is 123 cm³/mol. The first-order valence-corrected chi connectivity index (χ1v) is 10.5. The van der Waals surface area contributed by atoms with Gasteiger partial charge in [0.2, 0.25) is 5.13 Å². The first kappa shape index (κ1) is 22.1. The normalized spacial score (nSPS) is 10.7. The SMILES string of the molecule is CCOc1ccc(NC(=O)COc2ccc(C=NNc3nc(C)cs3)cc2OC)cc1. The smallest absolute Gasteiger partial charge is 0.262 e. The van der Waals surface area contributed by atoms with Crippen LogP contribution in [0.4, 0.5) is 10.8 Å². The lowest BCUT2D eigenvalue weighted by molar-refractivity contribution is -0.118. The molecule has 0 atom stereocenters. The molecule has 0 fully saturated rings. The van der Waals surface area contributed by atoms with E-state index in [2.05, 4.69) is 20.8 Å². The largest absolute Gasteiger partial charge is 0.494 e. The highest BCUT2D eigenvalue weighted by atomic mass is 32.1. The maximum absolute atomic E-state index is 12.2. The van der Waals surface area contributed by atoms with Gasteiger partial charge in [-0.15, -0.1) is 11.3 Å². The van der Waals surface area contributed by atoms with Gasteiger partial charge in [0.15, 0.2) is 18.1 Å². The summed E-state index contributed by atoms with van der Waals surface area (Å²) in [6, 6.07) is 12.5. The van der Waals surface area contributed by atoms with Crippen LogP contribution in [-0.4, -0.2) is 37.4 Å². The van der Waals surface area contributed by atoms with Crippen LogP contribution in [0, 0.1) is 6.92 Å². The van der Waals surface area contributed by atoms with Gasteiger partial charge in [-0.1, -0.05) is 0 Å². The molecule has 1 heterocycles. The number of hydrogen-bond donors (Lipinski definition) is 2. The van der Waals surface area contributed by atoms with Crippen LogP contribution in [-0.2, 0) is 4.79 Å². The molecule has 0 bridgehead atoms. The van der Waals surface area contributed by atoms with Crippen molar-refractivity contribution < 1.29 is 19.0 Å². The average Bonchev–Trinajstić information content (AvgIpc) is 3.19. The van der Waals surface area contributed by atoms with Crippen molar-refractivity contribution in [2.24, 2.45) is 5.10 Å². The predicted octanol–water partition coefficient (Wildman–Crippen LogP) is 4.32. The first-order valence-electron chi connectivity index (χ1n) is 9.62. The van der Waals surface area contributed by atoms with E-state index in [0.29, 0.717) is 23.8 Å². The fraction of sp³-hybridized carbons (Fsp3) is 0.227. The maximum atomic E-state index is 12.2. The molecule has 2 N–H and O–H groups in total. The molecular formula is C22H24N4O4S. The standard InChI is InChI=1S/C22H24N4O4S/c1-4-29-18-8-6-17(7-9-18)25-21(27)13-30-19-10-5-16(11-20(19)28-3)12-23-26-22-24-15(2)14-31-22/h5-12,14H,4,13H2,1-3H3,(H,24,26)(H,25,27). The summed E-state index contributed by atoms with van der Waals surface area (Å²) >= 11 is 1.48. The van der Waals surface area contributed by atoms with E-state index in [4.69, 9.17) is 14.2 Å². The molecule has 31 heavy (non-hydrogen) atoms. The quantitative estimate of drug-likeness (QED) is 0.360. The maximum Gasteiger partial charge on any atom is 0.262 e. The summed E-state index contributed by atoms with van der Waals surface area (Å²) in [7, 11) is 1.54. The van der Waals surface area contributed by atoms with Crippen LogP contribution in [0.3, 0.4) is 0 Å². The molecule has 0 saturated heterocycles.